The summed E-state index contributed by atoms with van der Waals surface area (Å²) in [5.74, 6) is -0.115. The topological polar surface area (TPSA) is 66.7 Å². The summed E-state index contributed by atoms with van der Waals surface area (Å²) in [7, 11) is 0. The fourth-order valence-electron chi connectivity index (χ4n) is 1.06. The number of rotatable bonds is 6. The molecule has 1 N–H and O–H groups in total. The first-order valence-electron chi connectivity index (χ1n) is 4.51. The van der Waals surface area contributed by atoms with Crippen molar-refractivity contribution >= 4 is 23.4 Å². The lowest BCUT2D eigenvalue weighted by atomic mass is 10.3. The monoisotopic (exact) mass is 225 g/mol. The van der Waals surface area contributed by atoms with Gasteiger partial charge in [0.05, 0.1) is 0 Å². The number of carboxylic acid groups (broad SMARTS) is 1. The highest BCUT2D eigenvalue weighted by Crippen LogP contribution is 2.29. The van der Waals surface area contributed by atoms with Crippen molar-refractivity contribution in [1.82, 2.24) is 0 Å². The fourth-order valence-corrected chi connectivity index (χ4v) is 2.00. The average molecular weight is 225 g/mol. The molecule has 1 aromatic rings. The molecule has 80 valence electrons. The molecule has 0 radical (unpaired) electrons. The zero-order valence-electron chi connectivity index (χ0n) is 8.05. The van der Waals surface area contributed by atoms with Gasteiger partial charge in [-0.3, -0.25) is 4.79 Å². The Morgan fingerprint density at radius 3 is 2.80 bits per heavy atom. The van der Waals surface area contributed by atoms with Crippen LogP contribution in [0.3, 0.4) is 0 Å². The zero-order chi connectivity index (χ0) is 11.1. The number of aliphatic carboxylic acids is 1. The van der Waals surface area contributed by atoms with Gasteiger partial charge in [0.15, 0.2) is 0 Å². The third-order valence-electron chi connectivity index (χ3n) is 1.76. The van der Waals surface area contributed by atoms with Gasteiger partial charge in [-0.05, 0) is 29.5 Å². The van der Waals surface area contributed by atoms with Crippen LogP contribution in [0, 0.1) is 4.91 Å². The first-order chi connectivity index (χ1) is 7.24. The Bertz CT molecular complexity index is 354. The molecule has 0 aromatic heterocycles. The lowest BCUT2D eigenvalue weighted by molar-refractivity contribution is -0.137. The number of thioether (sulfide) groups is 1. The van der Waals surface area contributed by atoms with E-state index in [9.17, 15) is 9.70 Å². The van der Waals surface area contributed by atoms with Crippen molar-refractivity contribution < 1.29 is 9.90 Å². The van der Waals surface area contributed by atoms with Crippen LogP contribution in [0.4, 0.5) is 5.69 Å². The predicted molar refractivity (Wildman–Crippen MR) is 59.5 cm³/mol. The van der Waals surface area contributed by atoms with E-state index in [-0.39, 0.29) is 6.42 Å². The molecule has 0 saturated heterocycles. The molecule has 0 heterocycles. The summed E-state index contributed by atoms with van der Waals surface area (Å²) in [4.78, 5) is 21.5. The molecule has 0 saturated carbocycles. The van der Waals surface area contributed by atoms with Gasteiger partial charge >= 0.3 is 5.97 Å². The standard InChI is InChI=1S/C10H11NO3S/c12-10(13)6-3-7-15-9-5-2-1-4-8(9)11-14/h1-2,4-5H,3,6-7H2,(H,12,13). The average Bonchev–Trinajstić information content (AvgIpc) is 2.24. The second kappa shape index (κ2) is 6.19. The van der Waals surface area contributed by atoms with Crippen LogP contribution in [0.5, 0.6) is 0 Å². The van der Waals surface area contributed by atoms with Gasteiger partial charge in [0, 0.05) is 11.3 Å². The SMILES string of the molecule is O=Nc1ccccc1SCCCC(=O)O. The normalized spacial score (nSPS) is 9.87. The molecule has 4 nitrogen and oxygen atoms in total. The van der Waals surface area contributed by atoms with Gasteiger partial charge in [-0.1, -0.05) is 12.1 Å². The number of carbonyl (C=O) groups is 1. The highest BCUT2D eigenvalue weighted by molar-refractivity contribution is 7.99. The lowest BCUT2D eigenvalue weighted by Crippen LogP contribution is -1.94. The maximum atomic E-state index is 10.4. The summed E-state index contributed by atoms with van der Waals surface area (Å²) in [6, 6.07) is 7.03. The summed E-state index contributed by atoms with van der Waals surface area (Å²) < 4.78 is 0. The van der Waals surface area contributed by atoms with Crippen LogP contribution < -0.4 is 0 Å². The van der Waals surface area contributed by atoms with Crippen molar-refractivity contribution in [2.75, 3.05) is 5.75 Å². The van der Waals surface area contributed by atoms with Gasteiger partial charge in [-0.2, -0.15) is 0 Å². The molecule has 15 heavy (non-hydrogen) atoms. The van der Waals surface area contributed by atoms with Crippen molar-refractivity contribution in [3.05, 3.63) is 29.2 Å². The molecule has 0 atom stereocenters. The molecular formula is C10H11NO3S. The van der Waals surface area contributed by atoms with E-state index in [1.165, 1.54) is 11.8 Å². The number of benzene rings is 1. The molecule has 5 heteroatoms. The zero-order valence-corrected chi connectivity index (χ0v) is 8.87. The Morgan fingerprint density at radius 2 is 2.13 bits per heavy atom. The summed E-state index contributed by atoms with van der Waals surface area (Å²) in [6.07, 6.45) is 0.747. The minimum atomic E-state index is -0.794. The van der Waals surface area contributed by atoms with Crippen molar-refractivity contribution in [2.45, 2.75) is 17.7 Å². The van der Waals surface area contributed by atoms with E-state index in [0.29, 0.717) is 17.9 Å². The van der Waals surface area contributed by atoms with Crippen LogP contribution >= 0.6 is 11.8 Å². The summed E-state index contributed by atoms with van der Waals surface area (Å²) >= 11 is 1.46. The van der Waals surface area contributed by atoms with E-state index < -0.39 is 5.97 Å². The highest BCUT2D eigenvalue weighted by atomic mass is 32.2. The van der Waals surface area contributed by atoms with Crippen molar-refractivity contribution in [1.29, 1.82) is 0 Å². The van der Waals surface area contributed by atoms with E-state index in [2.05, 4.69) is 5.18 Å². The van der Waals surface area contributed by atoms with Crippen LogP contribution in [0.2, 0.25) is 0 Å². The van der Waals surface area contributed by atoms with Gasteiger partial charge in [-0.25, -0.2) is 0 Å². The number of carboxylic acids is 1. The molecule has 0 fully saturated rings. The Balaban J connectivity index is 2.43. The van der Waals surface area contributed by atoms with Crippen LogP contribution in [0.25, 0.3) is 0 Å². The second-order valence-corrected chi connectivity index (χ2v) is 4.04. The molecule has 0 aliphatic carbocycles. The molecule has 0 amide bonds. The molecule has 1 rings (SSSR count). The maximum absolute atomic E-state index is 10.4. The van der Waals surface area contributed by atoms with Gasteiger partial charge in [0.1, 0.15) is 5.69 Å². The van der Waals surface area contributed by atoms with Crippen LogP contribution in [0.1, 0.15) is 12.8 Å². The second-order valence-electron chi connectivity index (χ2n) is 2.90. The van der Waals surface area contributed by atoms with Crippen LogP contribution in [0.15, 0.2) is 34.3 Å². The van der Waals surface area contributed by atoms with E-state index in [1.807, 2.05) is 12.1 Å². The number of nitroso groups, excluding NO2 is 1. The minimum absolute atomic E-state index is 0.156. The van der Waals surface area contributed by atoms with Gasteiger partial charge in [0.2, 0.25) is 0 Å². The largest absolute Gasteiger partial charge is 0.481 e. The van der Waals surface area contributed by atoms with E-state index >= 15 is 0 Å². The first-order valence-corrected chi connectivity index (χ1v) is 5.49. The third-order valence-corrected chi connectivity index (χ3v) is 2.91. The molecule has 0 aliphatic rings. The van der Waals surface area contributed by atoms with Crippen molar-refractivity contribution in [2.24, 2.45) is 5.18 Å². The summed E-state index contributed by atoms with van der Waals surface area (Å²) in [6.45, 7) is 0. The highest BCUT2D eigenvalue weighted by Gasteiger charge is 2.03. The van der Waals surface area contributed by atoms with Crippen LogP contribution in [-0.4, -0.2) is 16.8 Å². The Kier molecular flexibility index (Phi) is 4.83. The minimum Gasteiger partial charge on any atom is -0.481 e. The predicted octanol–water partition coefficient (Wildman–Crippen LogP) is 3.04. The van der Waals surface area contributed by atoms with Crippen molar-refractivity contribution in [3.63, 3.8) is 0 Å². The lowest BCUT2D eigenvalue weighted by Gasteiger charge is -2.01. The van der Waals surface area contributed by atoms with Gasteiger partial charge in [-0.15, -0.1) is 16.7 Å². The smallest absolute Gasteiger partial charge is 0.303 e. The van der Waals surface area contributed by atoms with Gasteiger partial charge < -0.3 is 5.11 Å². The molecular weight excluding hydrogens is 214 g/mol. The quantitative estimate of drug-likeness (QED) is 0.459. The maximum Gasteiger partial charge on any atom is 0.303 e. The molecule has 0 unspecified atom stereocenters. The van der Waals surface area contributed by atoms with Gasteiger partial charge in [0.25, 0.3) is 0 Å². The summed E-state index contributed by atoms with van der Waals surface area (Å²) in [5, 5.41) is 11.3. The first kappa shape index (κ1) is 11.7. The van der Waals surface area contributed by atoms with E-state index in [0.717, 1.165) is 4.90 Å². The molecule has 0 spiro atoms. The number of nitrogens with zero attached hydrogens (tertiary/aromatic N) is 1. The number of hydrogen-bond donors (Lipinski definition) is 1. The van der Waals surface area contributed by atoms with E-state index in [1.54, 1.807) is 12.1 Å². The molecule has 0 aliphatic heterocycles. The Labute approximate surface area is 91.7 Å². The molecule has 0 bridgehead atoms. The van der Waals surface area contributed by atoms with Crippen molar-refractivity contribution in [3.8, 4) is 0 Å². The summed E-state index contributed by atoms with van der Waals surface area (Å²) in [5.41, 5.74) is 0.415. The molecule has 1 aromatic carbocycles. The Hall–Kier alpha value is -1.36. The van der Waals surface area contributed by atoms with E-state index in [4.69, 9.17) is 5.11 Å². The Morgan fingerprint density at radius 1 is 1.40 bits per heavy atom. The number of hydrogen-bond acceptors (Lipinski definition) is 4. The third kappa shape index (κ3) is 4.12. The van der Waals surface area contributed by atoms with Crippen LogP contribution in [-0.2, 0) is 4.79 Å². The fraction of sp³-hybridized carbons (Fsp3) is 0.300.